The fourth-order valence-corrected chi connectivity index (χ4v) is 6.59. The van der Waals surface area contributed by atoms with Gasteiger partial charge in [-0.15, -0.1) is 0 Å². The Balaban J connectivity index is 1.48. The maximum Gasteiger partial charge on any atom is 0.416 e. The normalized spacial score (nSPS) is 20.4. The van der Waals surface area contributed by atoms with Crippen molar-refractivity contribution in [2.45, 2.75) is 83.8 Å². The van der Waals surface area contributed by atoms with Crippen molar-refractivity contribution >= 4 is 23.2 Å². The van der Waals surface area contributed by atoms with Crippen LogP contribution in [0.2, 0.25) is 0 Å². The van der Waals surface area contributed by atoms with E-state index in [0.717, 1.165) is 54.0 Å². The molecule has 1 aliphatic carbocycles. The predicted octanol–water partition coefficient (Wildman–Crippen LogP) is 8.38. The van der Waals surface area contributed by atoms with Crippen molar-refractivity contribution in [1.82, 2.24) is 9.88 Å². The number of benzene rings is 1. The Morgan fingerprint density at radius 3 is 2.56 bits per heavy atom. The van der Waals surface area contributed by atoms with Gasteiger partial charge in [-0.3, -0.25) is 4.90 Å². The van der Waals surface area contributed by atoms with Crippen LogP contribution in [0.15, 0.2) is 47.3 Å². The van der Waals surface area contributed by atoms with E-state index in [9.17, 15) is 18.0 Å². The van der Waals surface area contributed by atoms with Gasteiger partial charge in [0.2, 0.25) is 0 Å². The first-order valence-electron chi connectivity index (χ1n) is 13.6. The average molecular weight is 558 g/mol. The van der Waals surface area contributed by atoms with Gasteiger partial charge in [-0.2, -0.15) is 24.5 Å². The van der Waals surface area contributed by atoms with Crippen LogP contribution in [-0.4, -0.2) is 34.6 Å². The number of carbonyl (C=O) groups excluding carboxylic acids is 1. The number of hydrogen-bond acceptors (Lipinski definition) is 5. The SMILES string of the molecule is CCN(c1ncc(-c2ccsc2)cc1CN1C(=O)OC(c2cc(C)cc(C(F)(F)F)c2)[C@@H]1C)C1CCCCC1. The summed E-state index contributed by atoms with van der Waals surface area (Å²) in [6, 6.07) is 7.95. The predicted molar refractivity (Wildman–Crippen MR) is 148 cm³/mol. The number of alkyl halides is 3. The average Bonchev–Trinajstić information content (AvgIpc) is 3.54. The van der Waals surface area contributed by atoms with E-state index in [1.807, 2.05) is 24.6 Å². The minimum Gasteiger partial charge on any atom is -0.439 e. The van der Waals surface area contributed by atoms with Crippen LogP contribution in [-0.2, 0) is 17.5 Å². The van der Waals surface area contributed by atoms with Crippen LogP contribution >= 0.6 is 11.3 Å². The first-order valence-corrected chi connectivity index (χ1v) is 14.5. The molecule has 5 rings (SSSR count). The van der Waals surface area contributed by atoms with E-state index in [1.165, 1.54) is 19.3 Å². The molecule has 9 heteroatoms. The molecule has 2 aromatic heterocycles. The number of pyridine rings is 1. The van der Waals surface area contributed by atoms with Crippen LogP contribution < -0.4 is 4.90 Å². The van der Waals surface area contributed by atoms with Crippen LogP contribution in [0.5, 0.6) is 0 Å². The Hall–Kier alpha value is -3.07. The maximum atomic E-state index is 13.5. The molecular weight excluding hydrogens is 523 g/mol. The fourth-order valence-electron chi connectivity index (χ4n) is 5.92. The van der Waals surface area contributed by atoms with Crippen molar-refractivity contribution in [3.63, 3.8) is 0 Å². The van der Waals surface area contributed by atoms with Gasteiger partial charge < -0.3 is 9.64 Å². The number of cyclic esters (lactones) is 1. The summed E-state index contributed by atoms with van der Waals surface area (Å²) in [5.74, 6) is 0.863. The van der Waals surface area contributed by atoms with E-state index in [1.54, 1.807) is 29.2 Å². The van der Waals surface area contributed by atoms with Crippen molar-refractivity contribution in [2.75, 3.05) is 11.4 Å². The minimum atomic E-state index is -4.47. The van der Waals surface area contributed by atoms with E-state index in [2.05, 4.69) is 23.3 Å². The molecule has 1 saturated heterocycles. The Morgan fingerprint density at radius 2 is 1.90 bits per heavy atom. The zero-order valence-electron chi connectivity index (χ0n) is 22.5. The van der Waals surface area contributed by atoms with Gasteiger partial charge in [-0.05, 0) is 79.8 Å². The molecule has 2 fully saturated rings. The summed E-state index contributed by atoms with van der Waals surface area (Å²) in [4.78, 5) is 22.1. The minimum absolute atomic E-state index is 0.262. The Labute approximate surface area is 231 Å². The van der Waals surface area contributed by atoms with Gasteiger partial charge in [-0.25, -0.2) is 9.78 Å². The quantitative estimate of drug-likeness (QED) is 0.293. The lowest BCUT2D eigenvalue weighted by Gasteiger charge is -2.36. The molecule has 5 nitrogen and oxygen atoms in total. The third-order valence-electron chi connectivity index (χ3n) is 7.91. The molecule has 1 amide bonds. The summed E-state index contributed by atoms with van der Waals surface area (Å²) >= 11 is 1.61. The van der Waals surface area contributed by atoms with Gasteiger partial charge in [-0.1, -0.05) is 30.9 Å². The molecule has 0 N–H and O–H groups in total. The highest BCUT2D eigenvalue weighted by atomic mass is 32.1. The summed E-state index contributed by atoms with van der Waals surface area (Å²) in [6.07, 6.45) is 1.95. The molecule has 3 aromatic rings. The Kier molecular flexibility index (Phi) is 7.89. The summed E-state index contributed by atoms with van der Waals surface area (Å²) in [7, 11) is 0. The van der Waals surface area contributed by atoms with Gasteiger partial charge in [0, 0.05) is 29.9 Å². The molecule has 0 spiro atoms. The fraction of sp³-hybridized carbons (Fsp3) is 0.467. The van der Waals surface area contributed by atoms with E-state index < -0.39 is 30.0 Å². The van der Waals surface area contributed by atoms with Crippen LogP contribution in [0.4, 0.5) is 23.8 Å². The highest BCUT2D eigenvalue weighted by Gasteiger charge is 2.41. The van der Waals surface area contributed by atoms with E-state index >= 15 is 0 Å². The molecule has 39 heavy (non-hydrogen) atoms. The number of rotatable bonds is 7. The summed E-state index contributed by atoms with van der Waals surface area (Å²) < 4.78 is 46.2. The first-order chi connectivity index (χ1) is 18.7. The molecule has 3 heterocycles. The zero-order chi connectivity index (χ0) is 27.7. The van der Waals surface area contributed by atoms with Crippen molar-refractivity contribution in [3.8, 4) is 11.1 Å². The number of thiophene rings is 1. The first kappa shape index (κ1) is 27.5. The van der Waals surface area contributed by atoms with Crippen molar-refractivity contribution in [3.05, 3.63) is 69.5 Å². The van der Waals surface area contributed by atoms with Gasteiger partial charge in [0.25, 0.3) is 0 Å². The second-order valence-corrected chi connectivity index (χ2v) is 11.4. The van der Waals surface area contributed by atoms with Gasteiger partial charge in [0.15, 0.2) is 0 Å². The third kappa shape index (κ3) is 5.78. The second-order valence-electron chi connectivity index (χ2n) is 10.6. The molecule has 208 valence electrons. The number of nitrogens with zero attached hydrogens (tertiary/aromatic N) is 3. The maximum absolute atomic E-state index is 13.5. The highest BCUT2D eigenvalue weighted by molar-refractivity contribution is 7.08. The number of amides is 1. The lowest BCUT2D eigenvalue weighted by molar-refractivity contribution is -0.137. The smallest absolute Gasteiger partial charge is 0.416 e. The van der Waals surface area contributed by atoms with Crippen LogP contribution in [0.3, 0.4) is 0 Å². The van der Waals surface area contributed by atoms with Crippen LogP contribution in [0.1, 0.15) is 74.3 Å². The number of hydrogen-bond donors (Lipinski definition) is 0. The van der Waals surface area contributed by atoms with Gasteiger partial charge >= 0.3 is 12.3 Å². The Bertz CT molecular complexity index is 1310. The third-order valence-corrected chi connectivity index (χ3v) is 8.60. The number of ether oxygens (including phenoxy) is 1. The molecular formula is C30H34F3N3O2S. The lowest BCUT2D eigenvalue weighted by Crippen LogP contribution is -2.39. The lowest BCUT2D eigenvalue weighted by atomic mass is 9.93. The number of carbonyl (C=O) groups is 1. The molecule has 2 aliphatic rings. The molecule has 2 atom stereocenters. The van der Waals surface area contributed by atoms with Gasteiger partial charge in [0.05, 0.1) is 18.2 Å². The van der Waals surface area contributed by atoms with Crippen LogP contribution in [0, 0.1) is 6.92 Å². The van der Waals surface area contributed by atoms with Crippen LogP contribution in [0.25, 0.3) is 11.1 Å². The number of halogens is 3. The van der Waals surface area contributed by atoms with E-state index in [0.29, 0.717) is 17.2 Å². The highest BCUT2D eigenvalue weighted by Crippen LogP contribution is 2.39. The van der Waals surface area contributed by atoms with Gasteiger partial charge in [0.1, 0.15) is 11.9 Å². The monoisotopic (exact) mass is 557 g/mol. The molecule has 0 bridgehead atoms. The second kappa shape index (κ2) is 11.2. The van der Waals surface area contributed by atoms with E-state index in [-0.39, 0.29) is 6.54 Å². The topological polar surface area (TPSA) is 45.7 Å². The standard InChI is InChI=1S/C30H34F3N3O2S/c1-4-35(26-8-6-5-7-9-26)28-24(14-23(16-34-28)21-10-11-39-18-21)17-36-20(3)27(38-29(36)37)22-12-19(2)13-25(15-22)30(31,32)33/h10-16,18,20,26-27H,4-9,17H2,1-3H3/t20-,27?/m0/s1. The van der Waals surface area contributed by atoms with E-state index in [4.69, 9.17) is 9.72 Å². The summed E-state index contributed by atoms with van der Waals surface area (Å²) in [5, 5.41) is 4.09. The molecule has 1 saturated carbocycles. The molecule has 1 aromatic carbocycles. The van der Waals surface area contributed by atoms with Crippen molar-refractivity contribution < 1.29 is 22.7 Å². The zero-order valence-corrected chi connectivity index (χ0v) is 23.3. The number of anilines is 1. The Morgan fingerprint density at radius 1 is 1.13 bits per heavy atom. The number of aryl methyl sites for hydroxylation is 1. The summed E-state index contributed by atoms with van der Waals surface area (Å²) in [6.45, 7) is 6.65. The largest absolute Gasteiger partial charge is 0.439 e. The molecule has 0 radical (unpaired) electrons. The number of aromatic nitrogens is 1. The van der Waals surface area contributed by atoms with Crippen molar-refractivity contribution in [1.29, 1.82) is 0 Å². The molecule has 1 aliphatic heterocycles. The summed E-state index contributed by atoms with van der Waals surface area (Å²) in [5.41, 5.74) is 3.04. The molecule has 1 unspecified atom stereocenters. The van der Waals surface area contributed by atoms with Crippen molar-refractivity contribution in [2.24, 2.45) is 0 Å².